The first-order valence-corrected chi connectivity index (χ1v) is 15.2. The minimum atomic E-state index is -0.829. The van der Waals surface area contributed by atoms with E-state index in [4.69, 9.17) is 33.1 Å². The second-order valence-electron chi connectivity index (χ2n) is 11.1. The van der Waals surface area contributed by atoms with Gasteiger partial charge in [-0.1, -0.05) is 139 Å². The average Bonchev–Trinajstić information content (AvgIpc) is 3.91. The molecular formula is C45H28N4O. The number of nitrogens with zero attached hydrogens (tertiary/aromatic N) is 4. The standard InChI is InChI=1S/C45H28N4O/c1-4-14-29(15-5-1)32-26-27-40-37(28-32)35-22-13-25-39(42(35)50-40)49-38-24-11-10-20-33(38)34-21-12-23-36(41(34)49)45-47-43(30-16-6-2-7-17-30)46-44(48-45)31-18-8-3-9-19-31/h1-28H/i1D,4D,5D,10D,11D,12D,13D,14D,15D,20D,21D,22D,23D,24D,25D,26D,27D,28D. The number of hydrogen-bond acceptors (Lipinski definition) is 4. The van der Waals surface area contributed by atoms with Crippen molar-refractivity contribution in [1.29, 1.82) is 0 Å². The Bertz CT molecular complexity index is 3810. The van der Waals surface area contributed by atoms with Crippen molar-refractivity contribution in [3.63, 3.8) is 0 Å². The second kappa shape index (κ2) is 11.4. The fourth-order valence-electron chi connectivity index (χ4n) is 5.94. The predicted octanol–water partition coefficient (Wildman–Crippen LogP) is 11.5. The third-order valence-electron chi connectivity index (χ3n) is 8.15. The Balaban J connectivity index is 1.45. The smallest absolute Gasteiger partial charge is 0.166 e. The summed E-state index contributed by atoms with van der Waals surface area (Å²) >= 11 is 0. The van der Waals surface area contributed by atoms with Gasteiger partial charge in [-0.15, -0.1) is 0 Å². The molecule has 50 heavy (non-hydrogen) atoms. The van der Waals surface area contributed by atoms with Gasteiger partial charge in [0.1, 0.15) is 5.58 Å². The van der Waals surface area contributed by atoms with E-state index in [9.17, 15) is 11.0 Å². The predicted molar refractivity (Wildman–Crippen MR) is 203 cm³/mol. The van der Waals surface area contributed by atoms with Crippen LogP contribution in [0.1, 0.15) is 24.7 Å². The van der Waals surface area contributed by atoms with Crippen LogP contribution in [-0.4, -0.2) is 19.5 Å². The number of furan rings is 1. The number of aromatic nitrogens is 4. The van der Waals surface area contributed by atoms with Gasteiger partial charge in [-0.3, -0.25) is 0 Å². The highest BCUT2D eigenvalue weighted by molar-refractivity contribution is 6.15. The molecule has 0 aliphatic heterocycles. The maximum Gasteiger partial charge on any atom is 0.166 e. The molecule has 0 N–H and O–H groups in total. The lowest BCUT2D eigenvalue weighted by molar-refractivity contribution is 0.666. The maximum atomic E-state index is 9.51. The summed E-state index contributed by atoms with van der Waals surface area (Å²) in [7, 11) is 0. The van der Waals surface area contributed by atoms with Gasteiger partial charge >= 0.3 is 0 Å². The maximum absolute atomic E-state index is 9.51. The monoisotopic (exact) mass is 658 g/mol. The van der Waals surface area contributed by atoms with Gasteiger partial charge in [0.2, 0.25) is 0 Å². The Kier molecular flexibility index (Phi) is 3.55. The van der Waals surface area contributed by atoms with Crippen molar-refractivity contribution >= 4 is 43.7 Å². The Morgan fingerprint density at radius 1 is 0.480 bits per heavy atom. The molecule has 0 fully saturated rings. The minimum Gasteiger partial charge on any atom is -0.454 e. The van der Waals surface area contributed by atoms with E-state index in [2.05, 4.69) is 0 Å². The quantitative estimate of drug-likeness (QED) is 0.185. The molecule has 3 aromatic heterocycles. The van der Waals surface area contributed by atoms with Gasteiger partial charge in [-0.05, 0) is 41.3 Å². The fourth-order valence-corrected chi connectivity index (χ4v) is 5.94. The fraction of sp³-hybridized carbons (Fsp3) is 0. The molecule has 0 aliphatic rings. The van der Waals surface area contributed by atoms with Gasteiger partial charge in [-0.25, -0.2) is 15.0 Å². The van der Waals surface area contributed by atoms with Crippen molar-refractivity contribution in [2.75, 3.05) is 0 Å². The minimum absolute atomic E-state index is 0.107. The first-order valence-electron chi connectivity index (χ1n) is 24.2. The molecule has 5 heteroatoms. The zero-order valence-corrected chi connectivity index (χ0v) is 25.5. The summed E-state index contributed by atoms with van der Waals surface area (Å²) in [5, 5.41) is -1.49. The lowest BCUT2D eigenvalue weighted by atomic mass is 10.0. The van der Waals surface area contributed by atoms with Crippen LogP contribution < -0.4 is 0 Å². The zero-order valence-electron chi connectivity index (χ0n) is 43.5. The number of fused-ring (bicyclic) bond motifs is 6. The van der Waals surface area contributed by atoms with E-state index in [1.165, 1.54) is 0 Å². The van der Waals surface area contributed by atoms with Crippen LogP contribution in [0.25, 0.3) is 94.7 Å². The van der Waals surface area contributed by atoms with E-state index in [1.807, 2.05) is 0 Å². The van der Waals surface area contributed by atoms with E-state index in [0.717, 1.165) is 4.57 Å². The highest BCUT2D eigenvalue weighted by Crippen LogP contribution is 2.41. The van der Waals surface area contributed by atoms with Gasteiger partial charge in [0, 0.05) is 38.2 Å². The van der Waals surface area contributed by atoms with Gasteiger partial charge in [0.25, 0.3) is 0 Å². The summed E-state index contributed by atoms with van der Waals surface area (Å²) in [6.07, 6.45) is 0. The molecule has 10 rings (SSSR count). The van der Waals surface area contributed by atoms with Crippen molar-refractivity contribution < 1.29 is 29.1 Å². The molecule has 0 spiro atoms. The van der Waals surface area contributed by atoms with Gasteiger partial charge in [-0.2, -0.15) is 0 Å². The third kappa shape index (κ3) is 4.52. The Morgan fingerprint density at radius 3 is 1.88 bits per heavy atom. The highest BCUT2D eigenvalue weighted by atomic mass is 16.3. The molecule has 0 unspecified atom stereocenters. The van der Waals surface area contributed by atoms with Crippen molar-refractivity contribution in [2.45, 2.75) is 0 Å². The molecule has 7 aromatic carbocycles. The average molecular weight is 659 g/mol. The van der Waals surface area contributed by atoms with Crippen LogP contribution in [0.2, 0.25) is 0 Å². The number of benzene rings is 7. The first kappa shape index (κ1) is 15.6. The van der Waals surface area contributed by atoms with Gasteiger partial charge in [0.05, 0.1) is 41.4 Å². The summed E-state index contributed by atoms with van der Waals surface area (Å²) in [4.78, 5) is 14.3. The molecule has 10 aromatic rings. The van der Waals surface area contributed by atoms with Gasteiger partial charge in [0.15, 0.2) is 23.1 Å². The van der Waals surface area contributed by atoms with Crippen molar-refractivity contribution in [3.8, 4) is 51.0 Å². The normalized spacial score (nSPS) is 16.6. The van der Waals surface area contributed by atoms with Crippen LogP contribution in [0.15, 0.2) is 174 Å². The van der Waals surface area contributed by atoms with Crippen molar-refractivity contribution in [2.24, 2.45) is 0 Å². The molecule has 0 bridgehead atoms. The first-order chi connectivity index (χ1) is 32.3. The molecule has 3 heterocycles. The lowest BCUT2D eigenvalue weighted by Gasteiger charge is -2.13. The number of para-hydroxylation sites is 3. The molecule has 0 radical (unpaired) electrons. The summed E-state index contributed by atoms with van der Waals surface area (Å²) < 4.78 is 169. The summed E-state index contributed by atoms with van der Waals surface area (Å²) in [5.74, 6) is -0.0502. The van der Waals surface area contributed by atoms with Crippen LogP contribution in [0.3, 0.4) is 0 Å². The second-order valence-corrected chi connectivity index (χ2v) is 11.1. The SMILES string of the molecule is [2H]c1c([2H])c([2H])c(-c2c([2H])c([2H])c3oc4c(-n5c6c([2H])c([2H])c([2H])c([2H])c6c6c([2H])c([2H])c([2H])c(-c7nc(-c8ccccc8)nc(-c8ccccc8)n7)c65)c([2H])c([2H])c([2H])c4c3c2[2H])c([2H])c1[2H]. The summed E-state index contributed by atoms with van der Waals surface area (Å²) in [5.41, 5.74) is -2.80. The van der Waals surface area contributed by atoms with E-state index >= 15 is 0 Å². The van der Waals surface area contributed by atoms with E-state index < -0.39 is 153 Å². The van der Waals surface area contributed by atoms with E-state index in [-0.39, 0.29) is 39.3 Å². The Morgan fingerprint density at radius 2 is 1.12 bits per heavy atom. The van der Waals surface area contributed by atoms with E-state index in [1.54, 1.807) is 60.7 Å². The van der Waals surface area contributed by atoms with Crippen LogP contribution >= 0.6 is 0 Å². The van der Waals surface area contributed by atoms with Crippen LogP contribution in [-0.2, 0) is 0 Å². The molecule has 0 amide bonds. The molecule has 5 nitrogen and oxygen atoms in total. The van der Waals surface area contributed by atoms with Crippen LogP contribution in [0.5, 0.6) is 0 Å². The van der Waals surface area contributed by atoms with E-state index in [0.29, 0.717) is 11.1 Å². The summed E-state index contributed by atoms with van der Waals surface area (Å²) in [6, 6.07) is 4.01. The van der Waals surface area contributed by atoms with Crippen molar-refractivity contribution in [1.82, 2.24) is 19.5 Å². The largest absolute Gasteiger partial charge is 0.454 e. The lowest BCUT2D eigenvalue weighted by Crippen LogP contribution is -2.02. The molecule has 234 valence electrons. The number of hydrogen-bond donors (Lipinski definition) is 0. The Labute approximate surface area is 313 Å². The van der Waals surface area contributed by atoms with Crippen molar-refractivity contribution in [3.05, 3.63) is 169 Å². The van der Waals surface area contributed by atoms with Crippen LogP contribution in [0.4, 0.5) is 0 Å². The zero-order chi connectivity index (χ0) is 48.7. The highest BCUT2D eigenvalue weighted by Gasteiger charge is 2.22. The van der Waals surface area contributed by atoms with Gasteiger partial charge < -0.3 is 8.98 Å². The molecular weight excluding hydrogens is 613 g/mol. The van der Waals surface area contributed by atoms with Crippen LogP contribution in [0, 0.1) is 0 Å². The summed E-state index contributed by atoms with van der Waals surface area (Å²) in [6.45, 7) is 0. The Hall–Kier alpha value is -6.85. The molecule has 0 atom stereocenters. The number of rotatable bonds is 5. The topological polar surface area (TPSA) is 56.7 Å². The third-order valence-corrected chi connectivity index (χ3v) is 8.15. The molecule has 0 aliphatic carbocycles. The molecule has 0 saturated carbocycles. The molecule has 0 saturated heterocycles.